The number of imidazole rings is 2. The van der Waals surface area contributed by atoms with Crippen LogP contribution >= 0.6 is 0 Å². The second-order valence-electron chi connectivity index (χ2n) is 13.0. The molecule has 0 fully saturated rings. The highest BCUT2D eigenvalue weighted by molar-refractivity contribution is 5.85. The van der Waals surface area contributed by atoms with E-state index in [1.807, 2.05) is 78.9 Å². The highest BCUT2D eigenvalue weighted by Crippen LogP contribution is 2.33. The molecule has 10 aromatic rings. The fourth-order valence-electron chi connectivity index (χ4n) is 7.00. The number of rotatable bonds is 7. The highest BCUT2D eigenvalue weighted by Gasteiger charge is 2.18. The summed E-state index contributed by atoms with van der Waals surface area (Å²) in [5.74, 6) is 3.57. The van der Waals surface area contributed by atoms with E-state index in [-0.39, 0.29) is 0 Å². The molecule has 7 heteroatoms. The SMILES string of the molecule is c1ccc(-c2nc(-c3ccc(-c4nc5ccccc5n4-c4ccccc4)cc3)nc(-c3ccc(-n4c(-c5ccccc5)nc5ccccc54)cc3)n2)cc1. The van der Waals surface area contributed by atoms with Crippen molar-refractivity contribution in [2.75, 3.05) is 0 Å². The lowest BCUT2D eigenvalue weighted by atomic mass is 10.1. The second kappa shape index (κ2) is 13.2. The van der Waals surface area contributed by atoms with Gasteiger partial charge in [0.05, 0.1) is 22.1 Å². The molecule has 0 aliphatic heterocycles. The van der Waals surface area contributed by atoms with Gasteiger partial charge in [-0.3, -0.25) is 9.13 Å². The van der Waals surface area contributed by atoms with Crippen molar-refractivity contribution in [1.82, 2.24) is 34.1 Å². The summed E-state index contributed by atoms with van der Waals surface area (Å²) in [5.41, 5.74) is 10.8. The molecule has 7 nitrogen and oxygen atoms in total. The lowest BCUT2D eigenvalue weighted by molar-refractivity contribution is 1.07. The van der Waals surface area contributed by atoms with Crippen LogP contribution in [-0.4, -0.2) is 34.1 Å². The minimum absolute atomic E-state index is 0.595. The largest absolute Gasteiger partial charge is 0.292 e. The fourth-order valence-corrected chi connectivity index (χ4v) is 7.00. The first-order chi connectivity index (χ1) is 26.8. The molecule has 10 rings (SSSR count). The standard InChI is InChI=1S/C47H31N7/c1-4-14-32(15-5-1)43-50-44(33-24-26-36(27-25-33)47-49-39-20-10-12-22-41(39)53(47)37-18-8-3-9-19-37)52-45(51-43)34-28-30-38(31-29-34)54-42-23-13-11-21-40(42)48-46(54)35-16-6-2-7-17-35/h1-31H. The van der Waals surface area contributed by atoms with E-state index < -0.39 is 0 Å². The van der Waals surface area contributed by atoms with Gasteiger partial charge in [0.2, 0.25) is 0 Å². The van der Waals surface area contributed by atoms with Crippen LogP contribution in [-0.2, 0) is 0 Å². The molecular formula is C47H31N7. The number of fused-ring (bicyclic) bond motifs is 2. The first-order valence-electron chi connectivity index (χ1n) is 17.9. The Labute approximate surface area is 311 Å². The third kappa shape index (κ3) is 5.61. The Hall–Kier alpha value is -7.51. The van der Waals surface area contributed by atoms with E-state index >= 15 is 0 Å². The molecule has 3 aromatic heterocycles. The molecule has 3 heterocycles. The van der Waals surface area contributed by atoms with Crippen LogP contribution in [0.4, 0.5) is 0 Å². The van der Waals surface area contributed by atoms with Crippen molar-refractivity contribution in [2.45, 2.75) is 0 Å². The maximum atomic E-state index is 5.05. The van der Waals surface area contributed by atoms with Crippen molar-refractivity contribution in [3.63, 3.8) is 0 Å². The minimum Gasteiger partial charge on any atom is -0.292 e. The molecule has 0 saturated heterocycles. The second-order valence-corrected chi connectivity index (χ2v) is 13.0. The molecule has 0 unspecified atom stereocenters. The third-order valence-corrected chi connectivity index (χ3v) is 9.62. The predicted molar refractivity (Wildman–Crippen MR) is 216 cm³/mol. The van der Waals surface area contributed by atoms with E-state index in [9.17, 15) is 0 Å². The summed E-state index contributed by atoms with van der Waals surface area (Å²) in [6.45, 7) is 0. The van der Waals surface area contributed by atoms with Crippen LogP contribution in [0.2, 0.25) is 0 Å². The van der Waals surface area contributed by atoms with Gasteiger partial charge >= 0.3 is 0 Å². The third-order valence-electron chi connectivity index (χ3n) is 9.62. The summed E-state index contributed by atoms with van der Waals surface area (Å²) >= 11 is 0. The Kier molecular flexibility index (Phi) is 7.66. The van der Waals surface area contributed by atoms with Crippen molar-refractivity contribution in [2.24, 2.45) is 0 Å². The van der Waals surface area contributed by atoms with Gasteiger partial charge in [0.1, 0.15) is 11.6 Å². The number of hydrogen-bond acceptors (Lipinski definition) is 5. The van der Waals surface area contributed by atoms with Gasteiger partial charge in [-0.2, -0.15) is 0 Å². The highest BCUT2D eigenvalue weighted by atomic mass is 15.1. The van der Waals surface area contributed by atoms with Gasteiger partial charge < -0.3 is 0 Å². The van der Waals surface area contributed by atoms with E-state index in [1.165, 1.54) is 0 Å². The monoisotopic (exact) mass is 693 g/mol. The molecule has 0 bridgehead atoms. The van der Waals surface area contributed by atoms with Gasteiger partial charge in [-0.25, -0.2) is 24.9 Å². The van der Waals surface area contributed by atoms with Crippen LogP contribution in [0, 0.1) is 0 Å². The van der Waals surface area contributed by atoms with Gasteiger partial charge in [-0.1, -0.05) is 127 Å². The number of aromatic nitrogens is 7. The summed E-state index contributed by atoms with van der Waals surface area (Å²) in [7, 11) is 0. The lowest BCUT2D eigenvalue weighted by Gasteiger charge is -2.12. The first kappa shape index (κ1) is 31.2. The molecule has 0 amide bonds. The van der Waals surface area contributed by atoms with Crippen molar-refractivity contribution >= 4 is 22.1 Å². The quantitative estimate of drug-likeness (QED) is 0.166. The molecule has 0 atom stereocenters. The first-order valence-corrected chi connectivity index (χ1v) is 17.9. The zero-order chi connectivity index (χ0) is 35.8. The number of nitrogens with zero attached hydrogens (tertiary/aromatic N) is 7. The topological polar surface area (TPSA) is 74.3 Å². The molecule has 0 aliphatic rings. The molecule has 254 valence electrons. The molecule has 0 saturated carbocycles. The van der Waals surface area contributed by atoms with E-state index in [0.717, 1.165) is 72.9 Å². The van der Waals surface area contributed by atoms with Crippen molar-refractivity contribution < 1.29 is 0 Å². The average Bonchev–Trinajstić information content (AvgIpc) is 3.84. The lowest BCUT2D eigenvalue weighted by Crippen LogP contribution is -2.01. The minimum atomic E-state index is 0.595. The van der Waals surface area contributed by atoms with Crippen LogP contribution < -0.4 is 0 Å². The zero-order valence-electron chi connectivity index (χ0n) is 29.0. The van der Waals surface area contributed by atoms with Crippen molar-refractivity contribution in [1.29, 1.82) is 0 Å². The summed E-state index contributed by atoms with van der Waals surface area (Å²) < 4.78 is 4.41. The van der Waals surface area contributed by atoms with Crippen molar-refractivity contribution in [3.8, 4) is 68.3 Å². The Morgan fingerprint density at radius 1 is 0.259 bits per heavy atom. The summed E-state index contributed by atoms with van der Waals surface area (Å²) in [6, 6.07) is 63.8. The number of para-hydroxylation sites is 5. The number of hydrogen-bond donors (Lipinski definition) is 0. The van der Waals surface area contributed by atoms with E-state index in [1.54, 1.807) is 0 Å². The Bertz CT molecular complexity index is 2900. The summed E-state index contributed by atoms with van der Waals surface area (Å²) in [5, 5.41) is 0. The summed E-state index contributed by atoms with van der Waals surface area (Å²) in [6.07, 6.45) is 0. The molecule has 0 aliphatic carbocycles. The maximum absolute atomic E-state index is 5.05. The van der Waals surface area contributed by atoms with Crippen LogP contribution in [0.1, 0.15) is 0 Å². The molecular weight excluding hydrogens is 663 g/mol. The predicted octanol–water partition coefficient (Wildman–Crippen LogP) is 10.9. The smallest absolute Gasteiger partial charge is 0.164 e. The fraction of sp³-hybridized carbons (Fsp3) is 0. The van der Waals surface area contributed by atoms with Gasteiger partial charge in [0, 0.05) is 39.2 Å². The molecule has 0 N–H and O–H groups in total. The van der Waals surface area contributed by atoms with E-state index in [0.29, 0.717) is 17.5 Å². The van der Waals surface area contributed by atoms with Gasteiger partial charge in [0.25, 0.3) is 0 Å². The van der Waals surface area contributed by atoms with E-state index in [2.05, 4.69) is 118 Å². The molecule has 7 aromatic carbocycles. The summed E-state index contributed by atoms with van der Waals surface area (Å²) in [4.78, 5) is 25.1. The Morgan fingerprint density at radius 2 is 0.593 bits per heavy atom. The van der Waals surface area contributed by atoms with Crippen LogP contribution in [0.15, 0.2) is 188 Å². The zero-order valence-corrected chi connectivity index (χ0v) is 29.0. The molecule has 0 radical (unpaired) electrons. The van der Waals surface area contributed by atoms with Crippen LogP contribution in [0.3, 0.4) is 0 Å². The normalized spacial score (nSPS) is 11.3. The maximum Gasteiger partial charge on any atom is 0.164 e. The van der Waals surface area contributed by atoms with Crippen LogP contribution in [0.5, 0.6) is 0 Å². The molecule has 54 heavy (non-hydrogen) atoms. The average molecular weight is 694 g/mol. The van der Waals surface area contributed by atoms with E-state index in [4.69, 9.17) is 24.9 Å². The Morgan fingerprint density at radius 3 is 1.09 bits per heavy atom. The molecule has 0 spiro atoms. The Balaban J connectivity index is 1.05. The number of benzene rings is 7. The van der Waals surface area contributed by atoms with Gasteiger partial charge in [-0.15, -0.1) is 0 Å². The van der Waals surface area contributed by atoms with Crippen molar-refractivity contribution in [3.05, 3.63) is 188 Å². The van der Waals surface area contributed by atoms with Gasteiger partial charge in [0.15, 0.2) is 17.5 Å². The van der Waals surface area contributed by atoms with Gasteiger partial charge in [-0.05, 0) is 60.7 Å². The van der Waals surface area contributed by atoms with Crippen LogP contribution in [0.25, 0.3) is 90.4 Å².